The Bertz CT molecular complexity index is 1040. The number of hydrogen-bond donors (Lipinski definition) is 2. The van der Waals surface area contributed by atoms with Crippen LogP contribution in [0, 0.1) is 0 Å². The number of nitrogens with two attached hydrogens (primary N) is 1. The lowest BCUT2D eigenvalue weighted by molar-refractivity contribution is -0.137. The SMILES string of the molecule is CCC1=C(Br)C(C(=O)O)N(c2ccc(Cl)cc2)N1c1ccc(S(N)(=O)=O)cc1. The number of carbonyl (C=O) groups is 1. The number of carboxylic acid groups (broad SMARTS) is 1. The van der Waals surface area contributed by atoms with Crippen LogP contribution in [0.2, 0.25) is 5.02 Å². The highest BCUT2D eigenvalue weighted by Crippen LogP contribution is 2.41. The van der Waals surface area contributed by atoms with Gasteiger partial charge < -0.3 is 5.11 Å². The molecule has 3 rings (SSSR count). The maximum atomic E-state index is 12.0. The second-order valence-electron chi connectivity index (χ2n) is 6.06. The number of aliphatic carboxylic acids is 1. The minimum atomic E-state index is -3.83. The standard InChI is InChI=1S/C18H17BrClN3O4S/c1-2-15-16(19)17(18(24)25)23(13-5-3-11(20)4-6-13)22(15)12-7-9-14(10-8-12)28(21,26)27/h3-10,17H,2H2,1H3,(H,24,25)(H2,21,26,27). The number of hydrazine groups is 1. The first-order valence-corrected chi connectivity index (χ1v) is 11.0. The molecule has 1 aliphatic heterocycles. The van der Waals surface area contributed by atoms with E-state index in [2.05, 4.69) is 15.9 Å². The van der Waals surface area contributed by atoms with Crippen LogP contribution in [0.1, 0.15) is 13.3 Å². The van der Waals surface area contributed by atoms with Gasteiger partial charge in [0, 0.05) is 5.02 Å². The Morgan fingerprint density at radius 2 is 1.68 bits per heavy atom. The molecule has 0 spiro atoms. The fourth-order valence-electron chi connectivity index (χ4n) is 3.06. The minimum absolute atomic E-state index is 0.0237. The average molecular weight is 487 g/mol. The van der Waals surface area contributed by atoms with Crippen LogP contribution in [-0.4, -0.2) is 25.5 Å². The molecule has 0 amide bonds. The van der Waals surface area contributed by atoms with Gasteiger partial charge in [-0.1, -0.05) is 34.5 Å². The van der Waals surface area contributed by atoms with Crippen molar-refractivity contribution in [1.29, 1.82) is 0 Å². The lowest BCUT2D eigenvalue weighted by atomic mass is 10.2. The number of carboxylic acids is 1. The van der Waals surface area contributed by atoms with Crippen molar-refractivity contribution in [3.63, 3.8) is 0 Å². The van der Waals surface area contributed by atoms with Gasteiger partial charge in [-0.25, -0.2) is 18.4 Å². The van der Waals surface area contributed by atoms with Crippen molar-refractivity contribution >= 4 is 54.9 Å². The molecule has 148 valence electrons. The van der Waals surface area contributed by atoms with Crippen molar-refractivity contribution in [2.75, 3.05) is 10.0 Å². The number of sulfonamides is 1. The summed E-state index contributed by atoms with van der Waals surface area (Å²) in [5, 5.41) is 18.9. The van der Waals surface area contributed by atoms with Crippen molar-refractivity contribution in [3.05, 3.63) is 63.7 Å². The summed E-state index contributed by atoms with van der Waals surface area (Å²) in [5.41, 5.74) is 1.96. The zero-order valence-electron chi connectivity index (χ0n) is 14.7. The van der Waals surface area contributed by atoms with Crippen molar-refractivity contribution in [3.8, 4) is 0 Å². The van der Waals surface area contributed by atoms with E-state index >= 15 is 0 Å². The molecule has 1 atom stereocenters. The molecule has 0 bridgehead atoms. The summed E-state index contributed by atoms with van der Waals surface area (Å²) >= 11 is 9.42. The van der Waals surface area contributed by atoms with Crippen LogP contribution in [-0.2, 0) is 14.8 Å². The minimum Gasteiger partial charge on any atom is -0.479 e. The van der Waals surface area contributed by atoms with E-state index < -0.39 is 22.0 Å². The van der Waals surface area contributed by atoms with Crippen LogP contribution < -0.4 is 15.2 Å². The predicted octanol–water partition coefficient (Wildman–Crippen LogP) is 3.70. The molecule has 7 nitrogen and oxygen atoms in total. The van der Waals surface area contributed by atoms with Gasteiger partial charge in [-0.05, 0) is 55.0 Å². The van der Waals surface area contributed by atoms with Gasteiger partial charge in [-0.2, -0.15) is 0 Å². The summed E-state index contributed by atoms with van der Waals surface area (Å²) in [6.07, 6.45) is 0.547. The van der Waals surface area contributed by atoms with E-state index in [0.29, 0.717) is 27.3 Å². The third kappa shape index (κ3) is 3.75. The summed E-state index contributed by atoms with van der Waals surface area (Å²) in [5.74, 6) is -1.03. The molecule has 1 aliphatic rings. The van der Waals surface area contributed by atoms with Gasteiger partial charge in [0.15, 0.2) is 6.04 Å². The molecule has 0 fully saturated rings. The zero-order valence-corrected chi connectivity index (χ0v) is 17.9. The number of allylic oxidation sites excluding steroid dienone is 1. The Labute approximate surface area is 176 Å². The van der Waals surface area contributed by atoms with Gasteiger partial charge in [0.1, 0.15) is 0 Å². The molecule has 0 saturated carbocycles. The molecule has 1 unspecified atom stereocenters. The van der Waals surface area contributed by atoms with E-state index in [0.717, 1.165) is 5.70 Å². The van der Waals surface area contributed by atoms with Crippen LogP contribution in [0.15, 0.2) is 63.6 Å². The predicted molar refractivity (Wildman–Crippen MR) is 112 cm³/mol. The molecule has 0 saturated heterocycles. The van der Waals surface area contributed by atoms with Crippen LogP contribution in [0.25, 0.3) is 0 Å². The van der Waals surface area contributed by atoms with E-state index in [1.54, 1.807) is 46.4 Å². The third-order valence-electron chi connectivity index (χ3n) is 4.30. The number of halogens is 2. The van der Waals surface area contributed by atoms with E-state index in [9.17, 15) is 18.3 Å². The number of benzene rings is 2. The van der Waals surface area contributed by atoms with E-state index in [1.165, 1.54) is 12.1 Å². The van der Waals surface area contributed by atoms with E-state index in [4.69, 9.17) is 16.7 Å². The lowest BCUT2D eigenvalue weighted by Crippen LogP contribution is -2.46. The third-order valence-corrected chi connectivity index (χ3v) is 6.37. The summed E-state index contributed by atoms with van der Waals surface area (Å²) < 4.78 is 23.6. The molecule has 3 N–H and O–H groups in total. The molecule has 10 heteroatoms. The quantitative estimate of drug-likeness (QED) is 0.668. The largest absolute Gasteiger partial charge is 0.479 e. The molecule has 2 aromatic rings. The van der Waals surface area contributed by atoms with Crippen LogP contribution in [0.4, 0.5) is 11.4 Å². The maximum absolute atomic E-state index is 12.0. The van der Waals surface area contributed by atoms with Crippen LogP contribution in [0.5, 0.6) is 0 Å². The Hall–Kier alpha value is -2.07. The number of anilines is 2. The summed E-state index contributed by atoms with van der Waals surface area (Å²) in [7, 11) is -3.83. The number of primary sulfonamides is 1. The van der Waals surface area contributed by atoms with Gasteiger partial charge in [0.2, 0.25) is 10.0 Å². The zero-order chi connectivity index (χ0) is 20.6. The average Bonchev–Trinajstić information content (AvgIpc) is 2.94. The van der Waals surface area contributed by atoms with Crippen molar-refractivity contribution < 1.29 is 18.3 Å². The van der Waals surface area contributed by atoms with E-state index in [1.807, 2.05) is 6.92 Å². The summed E-state index contributed by atoms with van der Waals surface area (Å²) in [6.45, 7) is 1.91. The van der Waals surface area contributed by atoms with Crippen molar-refractivity contribution in [2.24, 2.45) is 5.14 Å². The fourth-order valence-corrected chi connectivity index (χ4v) is 4.54. The second-order valence-corrected chi connectivity index (χ2v) is 8.91. The molecule has 1 heterocycles. The van der Waals surface area contributed by atoms with E-state index in [-0.39, 0.29) is 4.90 Å². The van der Waals surface area contributed by atoms with Gasteiger partial charge in [0.05, 0.1) is 26.4 Å². The van der Waals surface area contributed by atoms with Crippen molar-refractivity contribution in [1.82, 2.24) is 0 Å². The Kier molecular flexibility index (Phi) is 5.72. The molecule has 2 aromatic carbocycles. The van der Waals surface area contributed by atoms with Crippen LogP contribution >= 0.6 is 27.5 Å². The van der Waals surface area contributed by atoms with Crippen LogP contribution in [0.3, 0.4) is 0 Å². The highest BCUT2D eigenvalue weighted by molar-refractivity contribution is 9.11. The Morgan fingerprint density at radius 1 is 1.14 bits per heavy atom. The topological polar surface area (TPSA) is 104 Å². The van der Waals surface area contributed by atoms with Gasteiger partial charge in [0.25, 0.3) is 0 Å². The highest BCUT2D eigenvalue weighted by atomic mass is 79.9. The molecule has 0 aromatic heterocycles. The number of rotatable bonds is 5. The van der Waals surface area contributed by atoms with Gasteiger partial charge in [-0.15, -0.1) is 0 Å². The maximum Gasteiger partial charge on any atom is 0.333 e. The fraction of sp³-hybridized carbons (Fsp3) is 0.167. The monoisotopic (exact) mass is 485 g/mol. The first-order chi connectivity index (χ1) is 13.1. The highest BCUT2D eigenvalue weighted by Gasteiger charge is 2.42. The first-order valence-electron chi connectivity index (χ1n) is 8.24. The molecule has 0 aliphatic carbocycles. The number of hydrogen-bond acceptors (Lipinski definition) is 5. The van der Waals surface area contributed by atoms with Crippen molar-refractivity contribution in [2.45, 2.75) is 24.3 Å². The molecular weight excluding hydrogens is 470 g/mol. The summed E-state index contributed by atoms with van der Waals surface area (Å²) in [4.78, 5) is 12.0. The smallest absolute Gasteiger partial charge is 0.333 e. The Balaban J connectivity index is 2.16. The number of nitrogens with zero attached hydrogens (tertiary/aromatic N) is 2. The first kappa shape index (κ1) is 20.7. The van der Waals surface area contributed by atoms with Gasteiger partial charge >= 0.3 is 5.97 Å². The summed E-state index contributed by atoms with van der Waals surface area (Å²) in [6, 6.07) is 11.8. The van der Waals surface area contributed by atoms with Gasteiger partial charge in [-0.3, -0.25) is 10.0 Å². The lowest BCUT2D eigenvalue weighted by Gasteiger charge is -2.36. The molecule has 0 radical (unpaired) electrons. The molecular formula is C18H17BrClN3O4S. The normalized spacial score (nSPS) is 17.4. The Morgan fingerprint density at radius 3 is 2.14 bits per heavy atom. The second kappa shape index (κ2) is 7.75. The molecule has 28 heavy (non-hydrogen) atoms.